The summed E-state index contributed by atoms with van der Waals surface area (Å²) in [6.07, 6.45) is 2.55. The summed E-state index contributed by atoms with van der Waals surface area (Å²) in [5.41, 5.74) is 1.79. The van der Waals surface area contributed by atoms with Crippen molar-refractivity contribution in [1.29, 1.82) is 0 Å². The first kappa shape index (κ1) is 22.0. The third-order valence-corrected chi connectivity index (χ3v) is 6.50. The van der Waals surface area contributed by atoms with Crippen molar-refractivity contribution in [1.82, 2.24) is 5.32 Å². The van der Waals surface area contributed by atoms with Crippen LogP contribution in [-0.4, -0.2) is 31.1 Å². The van der Waals surface area contributed by atoms with Crippen molar-refractivity contribution in [2.24, 2.45) is 5.41 Å². The van der Waals surface area contributed by atoms with Gasteiger partial charge in [0.15, 0.2) is 5.78 Å². The largest absolute Gasteiger partial charge is 0.459 e. The zero-order valence-electron chi connectivity index (χ0n) is 18.0. The first-order valence-corrected chi connectivity index (χ1v) is 11.0. The van der Waals surface area contributed by atoms with Crippen molar-refractivity contribution in [2.45, 2.75) is 58.5 Å². The highest BCUT2D eigenvalue weighted by molar-refractivity contribution is 6.31. The van der Waals surface area contributed by atoms with Crippen molar-refractivity contribution in [3.8, 4) is 0 Å². The molecular weight excluding hydrogens is 421 g/mol. The second-order valence-corrected chi connectivity index (χ2v) is 9.71. The first-order chi connectivity index (χ1) is 14.7. The molecule has 2 heterocycles. The number of allylic oxidation sites excluding steroid dienone is 3. The van der Waals surface area contributed by atoms with Gasteiger partial charge in [-0.15, -0.1) is 0 Å². The summed E-state index contributed by atoms with van der Waals surface area (Å²) in [5.74, 6) is -2.17. The van der Waals surface area contributed by atoms with E-state index in [2.05, 4.69) is 5.32 Å². The van der Waals surface area contributed by atoms with E-state index in [-0.39, 0.29) is 40.1 Å². The van der Waals surface area contributed by atoms with Crippen LogP contribution in [0.1, 0.15) is 57.9 Å². The Bertz CT molecular complexity index is 971. The van der Waals surface area contributed by atoms with Gasteiger partial charge in [0.25, 0.3) is 0 Å². The van der Waals surface area contributed by atoms with Gasteiger partial charge in [-0.05, 0) is 43.7 Å². The van der Waals surface area contributed by atoms with E-state index >= 15 is 4.39 Å². The molecule has 0 saturated carbocycles. The highest BCUT2D eigenvalue weighted by atomic mass is 35.5. The average molecular weight is 448 g/mol. The van der Waals surface area contributed by atoms with Gasteiger partial charge in [-0.3, -0.25) is 4.79 Å². The van der Waals surface area contributed by atoms with Crippen molar-refractivity contribution >= 4 is 23.4 Å². The van der Waals surface area contributed by atoms with Gasteiger partial charge >= 0.3 is 5.97 Å². The van der Waals surface area contributed by atoms with Gasteiger partial charge in [0.1, 0.15) is 12.4 Å². The number of nitrogens with one attached hydrogen (secondary N) is 1. The van der Waals surface area contributed by atoms with E-state index in [0.717, 1.165) is 18.5 Å². The second kappa shape index (κ2) is 8.40. The number of carbonyl (C=O) groups excluding carboxylic acids is 2. The van der Waals surface area contributed by atoms with Crippen LogP contribution < -0.4 is 5.32 Å². The minimum Gasteiger partial charge on any atom is -0.459 e. The van der Waals surface area contributed by atoms with Crippen molar-refractivity contribution in [3.63, 3.8) is 0 Å². The van der Waals surface area contributed by atoms with Crippen LogP contribution in [0.5, 0.6) is 0 Å². The lowest BCUT2D eigenvalue weighted by Gasteiger charge is -2.39. The third-order valence-electron chi connectivity index (χ3n) is 6.17. The minimum atomic E-state index is -0.912. The Kier molecular flexibility index (Phi) is 5.97. The number of esters is 1. The van der Waals surface area contributed by atoms with E-state index in [1.165, 1.54) is 12.1 Å². The SMILES string of the molecule is CC1=C(C(=O)OCC2CCCO2)C(c2c(F)cccc2Cl)C2=C(CC(C)(C)CC2=O)N1. The maximum atomic E-state index is 15.0. The van der Waals surface area contributed by atoms with E-state index in [4.69, 9.17) is 21.1 Å². The Balaban J connectivity index is 1.78. The molecule has 1 N–H and O–H groups in total. The highest BCUT2D eigenvalue weighted by Gasteiger charge is 2.44. The van der Waals surface area contributed by atoms with Crippen LogP contribution in [0.25, 0.3) is 0 Å². The molecule has 5 nitrogen and oxygen atoms in total. The zero-order valence-corrected chi connectivity index (χ0v) is 18.8. The van der Waals surface area contributed by atoms with Gasteiger partial charge in [0, 0.05) is 40.6 Å². The van der Waals surface area contributed by atoms with Crippen LogP contribution in [0.4, 0.5) is 4.39 Å². The van der Waals surface area contributed by atoms with Gasteiger partial charge in [-0.25, -0.2) is 9.18 Å². The number of ether oxygens (including phenoxy) is 2. The Labute approximate surface area is 186 Å². The number of halogens is 2. The molecule has 0 aromatic heterocycles. The molecule has 0 bridgehead atoms. The molecule has 4 rings (SSSR count). The molecule has 1 saturated heterocycles. The van der Waals surface area contributed by atoms with Gasteiger partial charge in [0.2, 0.25) is 0 Å². The number of rotatable bonds is 4. The molecule has 2 aliphatic heterocycles. The lowest BCUT2D eigenvalue weighted by atomic mass is 9.68. The van der Waals surface area contributed by atoms with Crippen LogP contribution in [0.2, 0.25) is 5.02 Å². The summed E-state index contributed by atoms with van der Waals surface area (Å²) in [4.78, 5) is 26.4. The average Bonchev–Trinajstić information content (AvgIpc) is 3.18. The summed E-state index contributed by atoms with van der Waals surface area (Å²) in [6.45, 7) is 6.57. The Morgan fingerprint density at radius 3 is 2.81 bits per heavy atom. The second-order valence-electron chi connectivity index (χ2n) is 9.30. The third kappa shape index (κ3) is 4.28. The molecule has 0 radical (unpaired) electrons. The number of hydrogen-bond donors (Lipinski definition) is 1. The smallest absolute Gasteiger partial charge is 0.336 e. The number of ketones is 1. The summed E-state index contributed by atoms with van der Waals surface area (Å²) >= 11 is 6.41. The molecular formula is C24H27ClFNO4. The lowest BCUT2D eigenvalue weighted by molar-refractivity contribution is -0.142. The van der Waals surface area contributed by atoms with Gasteiger partial charge in [-0.1, -0.05) is 31.5 Å². The summed E-state index contributed by atoms with van der Waals surface area (Å²) < 4.78 is 26.1. The molecule has 0 spiro atoms. The van der Waals surface area contributed by atoms with E-state index in [1.807, 2.05) is 13.8 Å². The Hall–Kier alpha value is -2.18. The topological polar surface area (TPSA) is 64.6 Å². The Morgan fingerprint density at radius 1 is 1.35 bits per heavy atom. The predicted octanol–water partition coefficient (Wildman–Crippen LogP) is 4.81. The molecule has 7 heteroatoms. The molecule has 0 amide bonds. The summed E-state index contributed by atoms with van der Waals surface area (Å²) in [7, 11) is 0. The van der Waals surface area contributed by atoms with Gasteiger partial charge in [-0.2, -0.15) is 0 Å². The molecule has 2 unspecified atom stereocenters. The van der Waals surface area contributed by atoms with Crippen LogP contribution in [0, 0.1) is 11.2 Å². The maximum absolute atomic E-state index is 15.0. The lowest BCUT2D eigenvalue weighted by Crippen LogP contribution is -2.39. The number of carbonyl (C=O) groups is 2. The molecule has 31 heavy (non-hydrogen) atoms. The predicted molar refractivity (Wildman–Crippen MR) is 115 cm³/mol. The molecule has 1 aromatic rings. The van der Waals surface area contributed by atoms with Crippen molar-refractivity contribution < 1.29 is 23.5 Å². The van der Waals surface area contributed by atoms with Gasteiger partial charge < -0.3 is 14.8 Å². The first-order valence-electron chi connectivity index (χ1n) is 10.6. The molecule has 1 aliphatic carbocycles. The van der Waals surface area contributed by atoms with Crippen molar-refractivity contribution in [2.75, 3.05) is 13.2 Å². The fourth-order valence-corrected chi connectivity index (χ4v) is 5.08. The number of benzene rings is 1. The number of hydrogen-bond acceptors (Lipinski definition) is 5. The van der Waals surface area contributed by atoms with Crippen LogP contribution >= 0.6 is 11.6 Å². The molecule has 166 valence electrons. The van der Waals surface area contributed by atoms with Crippen molar-refractivity contribution in [3.05, 3.63) is 57.1 Å². The van der Waals surface area contributed by atoms with Crippen LogP contribution in [0.3, 0.4) is 0 Å². The normalized spacial score (nSPS) is 25.4. The van der Waals surface area contributed by atoms with Gasteiger partial charge in [0.05, 0.1) is 17.6 Å². The zero-order chi connectivity index (χ0) is 22.3. The van der Waals surface area contributed by atoms with Crippen LogP contribution in [-0.2, 0) is 19.1 Å². The summed E-state index contributed by atoms with van der Waals surface area (Å²) in [5, 5.41) is 3.42. The standard InChI is InChI=1S/C24H27ClFNO4/c1-13-19(23(29)31-12-14-6-5-9-30-14)22(20-15(25)7-4-8-16(20)26)21-17(27-13)10-24(2,3)11-18(21)28/h4,7-8,14,22,27H,5-6,9-12H2,1-3H3. The number of dihydropyridines is 1. The fraction of sp³-hybridized carbons (Fsp3) is 0.500. The van der Waals surface area contributed by atoms with Crippen LogP contribution in [0.15, 0.2) is 40.7 Å². The van der Waals surface area contributed by atoms with E-state index in [0.29, 0.717) is 30.7 Å². The number of Topliss-reactive ketones (excluding diaryl/α,β-unsaturated/α-hetero) is 1. The van der Waals surface area contributed by atoms with E-state index in [1.54, 1.807) is 13.0 Å². The molecule has 1 aromatic carbocycles. The molecule has 1 fully saturated rings. The maximum Gasteiger partial charge on any atom is 0.336 e. The van der Waals surface area contributed by atoms with E-state index < -0.39 is 17.7 Å². The Morgan fingerprint density at radius 2 is 2.13 bits per heavy atom. The van der Waals surface area contributed by atoms with E-state index in [9.17, 15) is 9.59 Å². The molecule has 3 aliphatic rings. The quantitative estimate of drug-likeness (QED) is 0.671. The summed E-state index contributed by atoms with van der Waals surface area (Å²) in [6, 6.07) is 4.38. The molecule has 2 atom stereocenters. The minimum absolute atomic E-state index is 0.111. The highest BCUT2D eigenvalue weighted by Crippen LogP contribution is 2.48. The monoisotopic (exact) mass is 447 g/mol. The fourth-order valence-electron chi connectivity index (χ4n) is 4.80.